The molecule has 32 heavy (non-hydrogen) atoms. The second kappa shape index (κ2) is 19.9. The highest BCUT2D eigenvalue weighted by atomic mass is 28.4. The van der Waals surface area contributed by atoms with Crippen molar-refractivity contribution in [3.8, 4) is 0 Å². The number of halogens is 3. The van der Waals surface area contributed by atoms with Crippen LogP contribution in [0.25, 0.3) is 0 Å². The average Bonchev–Trinajstić information content (AvgIpc) is 2.71. The summed E-state index contributed by atoms with van der Waals surface area (Å²) in [5.41, 5.74) is 0. The van der Waals surface area contributed by atoms with Crippen molar-refractivity contribution in [2.75, 3.05) is 0 Å². The number of hydrogen-bond donors (Lipinski definition) is 0. The minimum Gasteiger partial charge on any atom is -0.513 e. The highest BCUT2D eigenvalue weighted by Crippen LogP contribution is 2.23. The molecule has 0 saturated carbocycles. The van der Waals surface area contributed by atoms with Crippen molar-refractivity contribution in [3.63, 3.8) is 0 Å². The lowest BCUT2D eigenvalue weighted by atomic mass is 10.0. The summed E-state index contributed by atoms with van der Waals surface area (Å²) in [5, 5.41) is 0. The van der Waals surface area contributed by atoms with Crippen LogP contribution in [0.1, 0.15) is 135 Å². The predicted molar refractivity (Wildman–Crippen MR) is 132 cm³/mol. The van der Waals surface area contributed by atoms with E-state index in [9.17, 15) is 18.0 Å². The number of carbonyl (C=O) groups excluding carboxylic acids is 1. The molecule has 2 nitrogen and oxygen atoms in total. The summed E-state index contributed by atoms with van der Waals surface area (Å²) in [4.78, 5) is 11.0. The van der Waals surface area contributed by atoms with Gasteiger partial charge in [-0.25, -0.2) is 4.79 Å². The van der Waals surface area contributed by atoms with E-state index in [1.807, 2.05) is 0 Å². The first kappa shape index (κ1) is 31.5. The topological polar surface area (TPSA) is 26.3 Å². The molecule has 0 aromatic carbocycles. The van der Waals surface area contributed by atoms with Gasteiger partial charge in [0.25, 0.3) is 0 Å². The summed E-state index contributed by atoms with van der Waals surface area (Å²) in [5.74, 6) is -2.03. The van der Waals surface area contributed by atoms with Crippen LogP contribution in [0.2, 0.25) is 19.1 Å². The predicted octanol–water partition coefficient (Wildman–Crippen LogP) is 10.1. The van der Waals surface area contributed by atoms with Gasteiger partial charge in [0.05, 0.1) is 0 Å². The summed E-state index contributed by atoms with van der Waals surface area (Å²) in [7, 11) is -2.56. The van der Waals surface area contributed by atoms with Crippen LogP contribution in [0.5, 0.6) is 0 Å². The minimum absolute atomic E-state index is 0.605. The third-order valence-electron chi connectivity index (χ3n) is 6.23. The molecule has 0 aromatic heterocycles. The van der Waals surface area contributed by atoms with E-state index in [2.05, 4.69) is 6.92 Å². The van der Waals surface area contributed by atoms with Crippen molar-refractivity contribution < 1.29 is 22.4 Å². The number of unbranched alkanes of at least 4 members (excludes halogenated alkanes) is 19. The smallest absolute Gasteiger partial charge is 0.489 e. The molecule has 0 radical (unpaired) electrons. The Balaban J connectivity index is 3.31. The van der Waals surface area contributed by atoms with Gasteiger partial charge in [0.2, 0.25) is 8.32 Å². The summed E-state index contributed by atoms with van der Waals surface area (Å²) in [6.45, 7) is 5.64. The fourth-order valence-corrected chi connectivity index (χ4v) is 5.99. The molecule has 0 aliphatic heterocycles. The maximum Gasteiger partial charge on any atom is 0.489 e. The van der Waals surface area contributed by atoms with E-state index in [0.717, 1.165) is 19.3 Å². The van der Waals surface area contributed by atoms with Crippen molar-refractivity contribution in [2.45, 2.75) is 161 Å². The highest BCUT2D eigenvalue weighted by molar-refractivity contribution is 6.72. The summed E-state index contributed by atoms with van der Waals surface area (Å²) in [6.07, 6.45) is 21.3. The Morgan fingerprint density at radius 2 is 0.875 bits per heavy atom. The Morgan fingerprint density at radius 3 is 1.16 bits per heavy atom. The molecule has 6 heteroatoms. The molecule has 0 aromatic rings. The van der Waals surface area contributed by atoms with Crippen LogP contribution in [-0.2, 0) is 9.22 Å². The highest BCUT2D eigenvalue weighted by Gasteiger charge is 2.44. The SMILES string of the molecule is CCCCCCCCCCCCCCCCCCCCCC[Si](C)(C)OC(=O)C(F)(F)F. The first-order chi connectivity index (χ1) is 15.2. The number of alkyl halides is 3. The molecule has 0 spiro atoms. The fraction of sp³-hybridized carbons (Fsp3) is 0.962. The van der Waals surface area contributed by atoms with Gasteiger partial charge in [0.1, 0.15) is 0 Å². The van der Waals surface area contributed by atoms with Gasteiger partial charge in [-0.1, -0.05) is 135 Å². The minimum atomic E-state index is -4.88. The van der Waals surface area contributed by atoms with Gasteiger partial charge in [-0.05, 0) is 19.1 Å². The van der Waals surface area contributed by atoms with Crippen molar-refractivity contribution >= 4 is 14.3 Å². The van der Waals surface area contributed by atoms with Crippen LogP contribution in [0.3, 0.4) is 0 Å². The zero-order valence-electron chi connectivity index (χ0n) is 21.3. The Morgan fingerprint density at radius 1 is 0.594 bits per heavy atom. The van der Waals surface area contributed by atoms with Crippen molar-refractivity contribution in [2.24, 2.45) is 0 Å². The van der Waals surface area contributed by atoms with Gasteiger partial charge in [-0.3, -0.25) is 0 Å². The maximum absolute atomic E-state index is 12.3. The second-order valence-corrected chi connectivity index (χ2v) is 14.3. The largest absolute Gasteiger partial charge is 0.513 e. The van der Waals surface area contributed by atoms with Gasteiger partial charge in [-0.2, -0.15) is 13.2 Å². The lowest BCUT2D eigenvalue weighted by Crippen LogP contribution is -2.39. The number of hydrogen-bond acceptors (Lipinski definition) is 2. The van der Waals surface area contributed by atoms with E-state index in [0.29, 0.717) is 6.04 Å². The fourth-order valence-electron chi connectivity index (χ4n) is 4.17. The molecule has 0 heterocycles. The summed E-state index contributed by atoms with van der Waals surface area (Å²) >= 11 is 0. The van der Waals surface area contributed by atoms with E-state index in [4.69, 9.17) is 4.43 Å². The monoisotopic (exact) mass is 480 g/mol. The lowest BCUT2D eigenvalue weighted by molar-refractivity contribution is -0.190. The zero-order valence-corrected chi connectivity index (χ0v) is 22.3. The molecule has 0 rings (SSSR count). The number of carbonyl (C=O) groups is 1. The standard InChI is InChI=1S/C26H51F3O2Si/c1-4-5-6-7-8-9-10-11-12-13-14-15-16-17-18-19-20-21-22-23-24-32(2,3)31-25(30)26(27,28)29/h4-24H2,1-3H3. The Kier molecular flexibility index (Phi) is 19.6. The quantitative estimate of drug-likeness (QED) is 0.114. The second-order valence-electron chi connectivity index (χ2n) is 10.1. The normalized spacial score (nSPS) is 12.3. The molecule has 0 bridgehead atoms. The van der Waals surface area contributed by atoms with E-state index < -0.39 is 20.5 Å². The summed E-state index contributed by atoms with van der Waals surface area (Å²) < 4.78 is 41.6. The van der Waals surface area contributed by atoms with Gasteiger partial charge in [-0.15, -0.1) is 0 Å². The summed E-state index contributed by atoms with van der Waals surface area (Å²) in [6, 6.07) is 0.605. The molecule has 0 fully saturated rings. The third kappa shape index (κ3) is 21.3. The Bertz CT molecular complexity index is 439. The molecule has 0 amide bonds. The molecule has 0 aliphatic carbocycles. The molecule has 0 atom stereocenters. The molecule has 192 valence electrons. The van der Waals surface area contributed by atoms with Crippen molar-refractivity contribution in [1.82, 2.24) is 0 Å². The van der Waals surface area contributed by atoms with Gasteiger partial charge in [0.15, 0.2) is 0 Å². The van der Waals surface area contributed by atoms with Gasteiger partial charge in [0, 0.05) is 0 Å². The Labute approximate surface area is 197 Å². The lowest BCUT2D eigenvalue weighted by Gasteiger charge is -2.23. The molecule has 0 unspecified atom stereocenters. The van der Waals surface area contributed by atoms with Crippen LogP contribution < -0.4 is 0 Å². The van der Waals surface area contributed by atoms with Crippen LogP contribution in [0, 0.1) is 0 Å². The maximum atomic E-state index is 12.3. The van der Waals surface area contributed by atoms with E-state index in [1.54, 1.807) is 13.1 Å². The van der Waals surface area contributed by atoms with Crippen LogP contribution in [-0.4, -0.2) is 20.5 Å². The first-order valence-electron chi connectivity index (χ1n) is 13.5. The Hall–Kier alpha value is -0.523. The van der Waals surface area contributed by atoms with E-state index >= 15 is 0 Å². The third-order valence-corrected chi connectivity index (χ3v) is 8.53. The molecular weight excluding hydrogens is 429 g/mol. The molecule has 0 saturated heterocycles. The average molecular weight is 481 g/mol. The van der Waals surface area contributed by atoms with Crippen LogP contribution >= 0.6 is 0 Å². The van der Waals surface area contributed by atoms with Gasteiger partial charge < -0.3 is 4.43 Å². The van der Waals surface area contributed by atoms with E-state index in [1.165, 1.54) is 109 Å². The van der Waals surface area contributed by atoms with Crippen molar-refractivity contribution in [1.29, 1.82) is 0 Å². The van der Waals surface area contributed by atoms with Crippen LogP contribution in [0.4, 0.5) is 13.2 Å². The zero-order chi connectivity index (χ0) is 24.1. The first-order valence-corrected chi connectivity index (χ1v) is 16.6. The van der Waals surface area contributed by atoms with Gasteiger partial charge >= 0.3 is 12.1 Å². The molecular formula is C26H51F3O2Si. The molecule has 0 N–H and O–H groups in total. The molecule has 0 aliphatic rings. The van der Waals surface area contributed by atoms with Crippen LogP contribution in [0.15, 0.2) is 0 Å². The number of rotatable bonds is 22. The van der Waals surface area contributed by atoms with E-state index in [-0.39, 0.29) is 0 Å². The van der Waals surface area contributed by atoms with Crippen molar-refractivity contribution in [3.05, 3.63) is 0 Å².